The summed E-state index contributed by atoms with van der Waals surface area (Å²) in [5, 5.41) is 24.9. The van der Waals surface area contributed by atoms with Crippen LogP contribution in [0.25, 0.3) is 0 Å². The van der Waals surface area contributed by atoms with Crippen LogP contribution in [0.5, 0.6) is 0 Å². The molecule has 5 rings (SSSR count). The second-order valence-corrected chi connectivity index (χ2v) is 11.9. The zero-order valence-electron chi connectivity index (χ0n) is 18.7. The Morgan fingerprint density at radius 2 is 1.76 bits per heavy atom. The Bertz CT molecular complexity index is 770. The molecule has 9 atom stereocenters. The smallest absolute Gasteiger partial charge is 0.165 e. The van der Waals surface area contributed by atoms with Crippen molar-refractivity contribution in [2.45, 2.75) is 103 Å². The maximum absolute atomic E-state index is 10.7. The number of aliphatic hydroxyl groups is 2. The fraction of sp³-hybridized carbons (Fsp3) is 0.880. The van der Waals surface area contributed by atoms with E-state index in [0.717, 1.165) is 36.3 Å². The number of fused-ring (bicyclic) bond motifs is 5. The lowest BCUT2D eigenvalue weighted by atomic mass is 9.44. The second-order valence-electron chi connectivity index (χ2n) is 11.9. The Morgan fingerprint density at radius 1 is 1.00 bits per heavy atom. The molecular formula is C25H39NO3. The minimum absolute atomic E-state index is 0.303. The molecule has 0 radical (unpaired) electrons. The molecule has 162 valence electrons. The predicted molar refractivity (Wildman–Crippen MR) is 112 cm³/mol. The quantitative estimate of drug-likeness (QED) is 0.676. The number of aromatic nitrogens is 1. The average Bonchev–Trinajstić information content (AvgIpc) is 3.26. The molecule has 4 fully saturated rings. The highest BCUT2D eigenvalue weighted by molar-refractivity contribution is 5.21. The minimum atomic E-state index is -0.587. The first-order chi connectivity index (χ1) is 13.6. The highest BCUT2D eigenvalue weighted by Crippen LogP contribution is 2.69. The first-order valence-electron chi connectivity index (χ1n) is 12.0. The van der Waals surface area contributed by atoms with Gasteiger partial charge in [0.15, 0.2) is 5.76 Å². The molecule has 4 nitrogen and oxygen atoms in total. The van der Waals surface area contributed by atoms with Crippen LogP contribution in [0, 0.1) is 34.5 Å². The molecule has 0 bridgehead atoms. The van der Waals surface area contributed by atoms with Gasteiger partial charge >= 0.3 is 0 Å². The predicted octanol–water partition coefficient (Wildman–Crippen LogP) is 5.61. The van der Waals surface area contributed by atoms with Gasteiger partial charge in [-0.2, -0.15) is 0 Å². The van der Waals surface area contributed by atoms with Gasteiger partial charge in [0.2, 0.25) is 0 Å². The van der Waals surface area contributed by atoms with Crippen LogP contribution in [0.4, 0.5) is 0 Å². The molecule has 0 unspecified atom stereocenters. The summed E-state index contributed by atoms with van der Waals surface area (Å²) in [6.45, 7) is 8.88. The standard InChI is InChI=1S/C25H39NO3/c1-15(27)22-13-21(26-29-22)20-8-7-18-17-6-5-16-14-23(2,28)11-12-24(16,3)19(17)9-10-25(18,20)4/h13,15-20,27-28H,5-12,14H2,1-4H3/t15-,16-,17-,18-,19-,20+,23+,24-,25-/m0/s1. The van der Waals surface area contributed by atoms with Crippen LogP contribution in [0.1, 0.15) is 109 Å². The van der Waals surface area contributed by atoms with Gasteiger partial charge in [0, 0.05) is 12.0 Å². The molecule has 0 aromatic carbocycles. The van der Waals surface area contributed by atoms with Crippen LogP contribution in [0.2, 0.25) is 0 Å². The van der Waals surface area contributed by atoms with Crippen molar-refractivity contribution < 1.29 is 14.7 Å². The van der Waals surface area contributed by atoms with Gasteiger partial charge < -0.3 is 14.7 Å². The lowest BCUT2D eigenvalue weighted by Crippen LogP contribution is -2.55. The third-order valence-corrected chi connectivity index (χ3v) is 10.3. The summed E-state index contributed by atoms with van der Waals surface area (Å²) in [4.78, 5) is 0. The number of rotatable bonds is 2. The Balaban J connectivity index is 1.40. The van der Waals surface area contributed by atoms with E-state index in [1.807, 2.05) is 6.07 Å². The molecule has 2 N–H and O–H groups in total. The number of hydrogen-bond acceptors (Lipinski definition) is 4. The van der Waals surface area contributed by atoms with Crippen molar-refractivity contribution in [3.05, 3.63) is 17.5 Å². The maximum atomic E-state index is 10.7. The molecule has 0 amide bonds. The van der Waals surface area contributed by atoms with Gasteiger partial charge in [0.25, 0.3) is 0 Å². The van der Waals surface area contributed by atoms with Crippen molar-refractivity contribution >= 4 is 0 Å². The lowest BCUT2D eigenvalue weighted by Gasteiger charge is -2.61. The van der Waals surface area contributed by atoms with Crippen molar-refractivity contribution in [3.8, 4) is 0 Å². The highest BCUT2D eigenvalue weighted by Gasteiger charge is 2.61. The average molecular weight is 402 g/mol. The van der Waals surface area contributed by atoms with Crippen molar-refractivity contribution in [2.24, 2.45) is 34.5 Å². The van der Waals surface area contributed by atoms with E-state index in [9.17, 15) is 10.2 Å². The van der Waals surface area contributed by atoms with Gasteiger partial charge in [0.1, 0.15) is 6.10 Å². The molecule has 4 saturated carbocycles. The van der Waals surface area contributed by atoms with E-state index in [4.69, 9.17) is 4.52 Å². The van der Waals surface area contributed by atoms with Crippen molar-refractivity contribution in [1.29, 1.82) is 0 Å². The number of hydrogen-bond donors (Lipinski definition) is 2. The normalized spacial score (nSPS) is 50.5. The third-order valence-electron chi connectivity index (χ3n) is 10.3. The second kappa shape index (κ2) is 6.56. The molecule has 4 aliphatic rings. The van der Waals surface area contributed by atoms with Gasteiger partial charge in [-0.1, -0.05) is 19.0 Å². The SMILES string of the molecule is C[C@H](O)c1cc([C@H]2CC[C@H]3[C@@H]4CC[C@H]5C[C@](C)(O)CC[C@]5(C)[C@H]4CC[C@]23C)no1. The van der Waals surface area contributed by atoms with E-state index < -0.39 is 11.7 Å². The summed E-state index contributed by atoms with van der Waals surface area (Å²) in [6.07, 6.45) is 10.3. The van der Waals surface area contributed by atoms with E-state index in [-0.39, 0.29) is 0 Å². The molecule has 1 aromatic heterocycles. The molecule has 1 heterocycles. The summed E-state index contributed by atoms with van der Waals surface area (Å²) in [6, 6.07) is 2.01. The Morgan fingerprint density at radius 3 is 2.48 bits per heavy atom. The fourth-order valence-corrected chi connectivity index (χ4v) is 8.58. The van der Waals surface area contributed by atoms with Crippen LogP contribution in [0.3, 0.4) is 0 Å². The molecule has 29 heavy (non-hydrogen) atoms. The van der Waals surface area contributed by atoms with Crippen LogP contribution in [-0.4, -0.2) is 21.0 Å². The summed E-state index contributed by atoms with van der Waals surface area (Å²) in [5.41, 5.74) is 1.33. The van der Waals surface area contributed by atoms with E-state index in [1.54, 1.807) is 6.92 Å². The van der Waals surface area contributed by atoms with E-state index >= 15 is 0 Å². The van der Waals surface area contributed by atoms with Crippen molar-refractivity contribution in [1.82, 2.24) is 5.16 Å². The lowest BCUT2D eigenvalue weighted by molar-refractivity contribution is -0.143. The Hall–Kier alpha value is -0.870. The monoisotopic (exact) mass is 401 g/mol. The van der Waals surface area contributed by atoms with Gasteiger partial charge in [-0.05, 0) is 106 Å². The maximum Gasteiger partial charge on any atom is 0.165 e. The first-order valence-corrected chi connectivity index (χ1v) is 12.0. The summed E-state index contributed by atoms with van der Waals surface area (Å²) < 4.78 is 5.45. The zero-order chi connectivity index (χ0) is 20.6. The third kappa shape index (κ3) is 2.96. The van der Waals surface area contributed by atoms with Crippen molar-refractivity contribution in [2.75, 3.05) is 0 Å². The van der Waals surface area contributed by atoms with Crippen LogP contribution >= 0.6 is 0 Å². The molecule has 4 aliphatic carbocycles. The van der Waals surface area contributed by atoms with Gasteiger partial charge in [-0.15, -0.1) is 0 Å². The molecular weight excluding hydrogens is 362 g/mol. The molecule has 4 heteroatoms. The van der Waals surface area contributed by atoms with Gasteiger partial charge in [0.05, 0.1) is 11.3 Å². The topological polar surface area (TPSA) is 66.5 Å². The number of aliphatic hydroxyl groups excluding tert-OH is 1. The summed E-state index contributed by atoms with van der Waals surface area (Å²) in [5.74, 6) is 4.17. The Labute approximate surface area is 175 Å². The van der Waals surface area contributed by atoms with Gasteiger partial charge in [-0.25, -0.2) is 0 Å². The summed E-state index contributed by atoms with van der Waals surface area (Å²) in [7, 11) is 0. The van der Waals surface area contributed by atoms with Gasteiger partial charge in [-0.3, -0.25) is 0 Å². The highest BCUT2D eigenvalue weighted by atomic mass is 16.5. The Kier molecular flexibility index (Phi) is 4.54. The zero-order valence-corrected chi connectivity index (χ0v) is 18.7. The number of nitrogens with zero attached hydrogens (tertiary/aromatic N) is 1. The van der Waals surface area contributed by atoms with Crippen molar-refractivity contribution in [3.63, 3.8) is 0 Å². The van der Waals surface area contributed by atoms with E-state index in [2.05, 4.69) is 25.9 Å². The summed E-state index contributed by atoms with van der Waals surface area (Å²) >= 11 is 0. The molecule has 1 aromatic rings. The van der Waals surface area contributed by atoms with E-state index in [1.165, 1.54) is 44.9 Å². The molecule has 0 spiro atoms. The fourth-order valence-electron chi connectivity index (χ4n) is 8.58. The largest absolute Gasteiger partial charge is 0.390 e. The van der Waals surface area contributed by atoms with Crippen LogP contribution in [0.15, 0.2) is 10.6 Å². The molecule has 0 aliphatic heterocycles. The first kappa shape index (κ1) is 20.1. The minimum Gasteiger partial charge on any atom is -0.390 e. The van der Waals surface area contributed by atoms with Crippen LogP contribution < -0.4 is 0 Å². The molecule has 0 saturated heterocycles. The van der Waals surface area contributed by atoms with Crippen LogP contribution in [-0.2, 0) is 0 Å². The van der Waals surface area contributed by atoms with E-state index in [0.29, 0.717) is 28.4 Å².